The van der Waals surface area contributed by atoms with Crippen molar-refractivity contribution < 1.29 is 23.9 Å². The van der Waals surface area contributed by atoms with Gasteiger partial charge < -0.3 is 19.5 Å². The van der Waals surface area contributed by atoms with E-state index in [0.717, 1.165) is 0 Å². The van der Waals surface area contributed by atoms with Gasteiger partial charge in [0.1, 0.15) is 19.0 Å². The van der Waals surface area contributed by atoms with Gasteiger partial charge in [0.25, 0.3) is 5.69 Å². The van der Waals surface area contributed by atoms with E-state index in [9.17, 15) is 14.9 Å². The number of benzene rings is 3. The van der Waals surface area contributed by atoms with Crippen LogP contribution in [0.5, 0.6) is 17.2 Å². The molecule has 0 spiro atoms. The van der Waals surface area contributed by atoms with E-state index >= 15 is 0 Å². The van der Waals surface area contributed by atoms with Crippen LogP contribution >= 0.6 is 0 Å². The number of non-ortho nitro benzene ring substituents is 1. The molecule has 33 heavy (non-hydrogen) atoms. The Hall–Kier alpha value is -4.60. The third-order valence-corrected chi connectivity index (χ3v) is 4.26. The van der Waals surface area contributed by atoms with Gasteiger partial charge in [0.05, 0.1) is 18.2 Å². The van der Waals surface area contributed by atoms with E-state index in [4.69, 9.17) is 14.2 Å². The number of nitro benzene ring substituents is 1. The van der Waals surface area contributed by atoms with Crippen molar-refractivity contribution >= 4 is 23.6 Å². The van der Waals surface area contributed by atoms with Crippen molar-refractivity contribution in [3.63, 3.8) is 0 Å². The van der Waals surface area contributed by atoms with E-state index in [2.05, 4.69) is 15.8 Å². The molecule has 3 rings (SSSR count). The molecule has 0 atom stereocenters. The number of anilines is 1. The highest BCUT2D eigenvalue weighted by atomic mass is 16.6. The third-order valence-electron chi connectivity index (χ3n) is 4.26. The Balaban J connectivity index is 1.47. The second-order valence-corrected chi connectivity index (χ2v) is 6.55. The van der Waals surface area contributed by atoms with Gasteiger partial charge in [-0.25, -0.2) is 10.2 Å². The first kappa shape index (κ1) is 23.1. The summed E-state index contributed by atoms with van der Waals surface area (Å²) in [6, 6.07) is 19.6. The molecule has 0 aliphatic carbocycles. The number of urea groups is 1. The number of para-hydroxylation sites is 1. The standard InChI is InChI=1S/C23H22N4O6/c1-31-22-15-17(16-24-26-23(28)25-18-5-3-2-4-6-18)7-12-21(22)33-14-13-32-20-10-8-19(9-11-20)27(29)30/h2-12,15-16H,13-14H2,1H3,(H2,25,26,28)/b24-16+. The van der Waals surface area contributed by atoms with Gasteiger partial charge in [0.15, 0.2) is 11.5 Å². The quantitative estimate of drug-likeness (QED) is 0.206. The van der Waals surface area contributed by atoms with Crippen LogP contribution in [0, 0.1) is 10.1 Å². The minimum Gasteiger partial charge on any atom is -0.493 e. The Labute approximate surface area is 189 Å². The molecule has 0 saturated carbocycles. The highest BCUT2D eigenvalue weighted by Crippen LogP contribution is 2.27. The minimum absolute atomic E-state index is 0.000936. The summed E-state index contributed by atoms with van der Waals surface area (Å²) in [5.41, 5.74) is 3.75. The fourth-order valence-electron chi connectivity index (χ4n) is 2.70. The molecule has 170 valence electrons. The smallest absolute Gasteiger partial charge is 0.339 e. The molecule has 3 aromatic rings. The molecule has 2 amide bonds. The first-order valence-electron chi connectivity index (χ1n) is 9.88. The van der Waals surface area contributed by atoms with Crippen LogP contribution in [0.2, 0.25) is 0 Å². The lowest BCUT2D eigenvalue weighted by molar-refractivity contribution is -0.384. The summed E-state index contributed by atoms with van der Waals surface area (Å²) in [6.07, 6.45) is 1.48. The number of nitro groups is 1. The number of rotatable bonds is 10. The van der Waals surface area contributed by atoms with Crippen LogP contribution in [-0.2, 0) is 0 Å². The summed E-state index contributed by atoms with van der Waals surface area (Å²) < 4.78 is 16.6. The summed E-state index contributed by atoms with van der Waals surface area (Å²) in [5.74, 6) is 1.51. The maximum atomic E-state index is 11.9. The van der Waals surface area contributed by atoms with E-state index in [-0.39, 0.29) is 18.9 Å². The number of nitrogens with one attached hydrogen (secondary N) is 2. The number of amides is 2. The molecule has 0 bridgehead atoms. The average Bonchev–Trinajstić information content (AvgIpc) is 2.83. The lowest BCUT2D eigenvalue weighted by atomic mass is 10.2. The predicted octanol–water partition coefficient (Wildman–Crippen LogP) is 4.22. The fraction of sp³-hybridized carbons (Fsp3) is 0.130. The van der Waals surface area contributed by atoms with E-state index in [1.165, 1.54) is 37.6 Å². The number of ether oxygens (including phenoxy) is 3. The molecular weight excluding hydrogens is 428 g/mol. The molecule has 10 heteroatoms. The number of carbonyl (C=O) groups is 1. The molecule has 3 aromatic carbocycles. The van der Waals surface area contributed by atoms with Gasteiger partial charge in [-0.15, -0.1) is 0 Å². The topological polar surface area (TPSA) is 124 Å². The molecule has 0 aliphatic heterocycles. The van der Waals surface area contributed by atoms with Crippen molar-refractivity contribution in [3.8, 4) is 17.2 Å². The second-order valence-electron chi connectivity index (χ2n) is 6.55. The van der Waals surface area contributed by atoms with Gasteiger partial charge in [0, 0.05) is 17.8 Å². The monoisotopic (exact) mass is 450 g/mol. The molecule has 0 aliphatic rings. The first-order valence-corrected chi connectivity index (χ1v) is 9.88. The Morgan fingerprint density at radius 3 is 2.42 bits per heavy atom. The zero-order valence-electron chi connectivity index (χ0n) is 17.8. The van der Waals surface area contributed by atoms with Gasteiger partial charge in [-0.05, 0) is 48.0 Å². The Morgan fingerprint density at radius 2 is 1.73 bits per heavy atom. The van der Waals surface area contributed by atoms with Gasteiger partial charge >= 0.3 is 6.03 Å². The highest BCUT2D eigenvalue weighted by Gasteiger charge is 2.07. The lowest BCUT2D eigenvalue weighted by Crippen LogP contribution is -2.24. The maximum Gasteiger partial charge on any atom is 0.339 e. The van der Waals surface area contributed by atoms with E-state index in [0.29, 0.717) is 28.5 Å². The van der Waals surface area contributed by atoms with Crippen LogP contribution in [0.4, 0.5) is 16.2 Å². The van der Waals surface area contributed by atoms with Crippen LogP contribution in [0.3, 0.4) is 0 Å². The molecule has 10 nitrogen and oxygen atoms in total. The first-order chi connectivity index (χ1) is 16.0. The van der Waals surface area contributed by atoms with Crippen LogP contribution in [0.1, 0.15) is 5.56 Å². The number of hydrazone groups is 1. The van der Waals surface area contributed by atoms with Crippen LogP contribution in [0.15, 0.2) is 77.9 Å². The van der Waals surface area contributed by atoms with Crippen LogP contribution in [0.25, 0.3) is 0 Å². The molecule has 0 unspecified atom stereocenters. The van der Waals surface area contributed by atoms with Gasteiger partial charge in [-0.1, -0.05) is 18.2 Å². The summed E-state index contributed by atoms with van der Waals surface area (Å²) in [7, 11) is 1.52. The summed E-state index contributed by atoms with van der Waals surface area (Å²) in [5, 5.41) is 17.3. The molecular formula is C23H22N4O6. The number of hydrogen-bond donors (Lipinski definition) is 2. The van der Waals surface area contributed by atoms with Crippen molar-refractivity contribution in [2.24, 2.45) is 5.10 Å². The molecule has 0 radical (unpaired) electrons. The maximum absolute atomic E-state index is 11.9. The highest BCUT2D eigenvalue weighted by molar-refractivity contribution is 5.90. The fourth-order valence-corrected chi connectivity index (χ4v) is 2.70. The van der Waals surface area contributed by atoms with Crippen LogP contribution in [-0.4, -0.2) is 37.5 Å². The summed E-state index contributed by atoms with van der Waals surface area (Å²) in [4.78, 5) is 22.1. The average molecular weight is 450 g/mol. The third kappa shape index (κ3) is 7.24. The zero-order chi connectivity index (χ0) is 23.5. The zero-order valence-corrected chi connectivity index (χ0v) is 17.8. The van der Waals surface area contributed by atoms with Gasteiger partial charge in [-0.3, -0.25) is 10.1 Å². The number of nitrogens with zero attached hydrogens (tertiary/aromatic N) is 2. The summed E-state index contributed by atoms with van der Waals surface area (Å²) >= 11 is 0. The lowest BCUT2D eigenvalue weighted by Gasteiger charge is -2.12. The molecule has 0 fully saturated rings. The number of methoxy groups -OCH3 is 1. The Kier molecular flexibility index (Phi) is 8.18. The Bertz CT molecular complexity index is 1100. The van der Waals surface area contributed by atoms with Gasteiger partial charge in [-0.2, -0.15) is 5.10 Å². The number of hydrogen-bond acceptors (Lipinski definition) is 7. The van der Waals surface area contributed by atoms with Crippen molar-refractivity contribution in [2.45, 2.75) is 0 Å². The molecule has 0 heterocycles. The van der Waals surface area contributed by atoms with Crippen LogP contribution < -0.4 is 25.0 Å². The summed E-state index contributed by atoms with van der Waals surface area (Å²) in [6.45, 7) is 0.479. The second kappa shape index (κ2) is 11.7. The van der Waals surface area contributed by atoms with E-state index in [1.807, 2.05) is 18.2 Å². The number of carbonyl (C=O) groups excluding carboxylic acids is 1. The van der Waals surface area contributed by atoms with E-state index < -0.39 is 11.0 Å². The van der Waals surface area contributed by atoms with Gasteiger partial charge in [0.2, 0.25) is 0 Å². The van der Waals surface area contributed by atoms with Crippen molar-refractivity contribution in [3.05, 3.63) is 88.5 Å². The predicted molar refractivity (Wildman–Crippen MR) is 123 cm³/mol. The minimum atomic E-state index is -0.469. The molecule has 0 saturated heterocycles. The molecule has 2 N–H and O–H groups in total. The van der Waals surface area contributed by atoms with E-state index in [1.54, 1.807) is 30.3 Å². The molecule has 0 aromatic heterocycles. The van der Waals surface area contributed by atoms with Crippen molar-refractivity contribution in [2.75, 3.05) is 25.6 Å². The SMILES string of the molecule is COc1cc(/C=N/NC(=O)Nc2ccccc2)ccc1OCCOc1ccc([N+](=O)[O-])cc1. The van der Waals surface area contributed by atoms with Crippen molar-refractivity contribution in [1.29, 1.82) is 0 Å². The normalized spacial score (nSPS) is 10.5. The largest absolute Gasteiger partial charge is 0.493 e. The van der Waals surface area contributed by atoms with Crippen molar-refractivity contribution in [1.82, 2.24) is 5.43 Å². The Morgan fingerprint density at radius 1 is 1.00 bits per heavy atom.